The van der Waals surface area contributed by atoms with Crippen LogP contribution in [0.5, 0.6) is 5.75 Å². The quantitative estimate of drug-likeness (QED) is 0.173. The molecule has 1 rings (SSSR count). The van der Waals surface area contributed by atoms with E-state index in [1.807, 2.05) is 0 Å². The molecule has 126 valence electrons. The van der Waals surface area contributed by atoms with Crippen LogP contribution >= 0.6 is 11.6 Å². The molecule has 0 spiro atoms. The van der Waals surface area contributed by atoms with E-state index in [2.05, 4.69) is 10.5 Å². The first kappa shape index (κ1) is 18.3. The average Bonchev–Trinajstić information content (AvgIpc) is 2.51. The Bertz CT molecular complexity index is 637. The van der Waals surface area contributed by atoms with Crippen LogP contribution in [0.3, 0.4) is 0 Å². The lowest BCUT2D eigenvalue weighted by atomic mass is 10.1. The second kappa shape index (κ2) is 8.00. The van der Waals surface area contributed by atoms with Crippen LogP contribution in [0, 0.1) is 10.1 Å². The zero-order chi connectivity index (χ0) is 17.6. The van der Waals surface area contributed by atoms with Gasteiger partial charge in [0.1, 0.15) is 12.3 Å². The first-order valence-electron chi connectivity index (χ1n) is 6.20. The summed E-state index contributed by atoms with van der Waals surface area (Å²) < 4.78 is 5.02. The number of benzene rings is 1. The van der Waals surface area contributed by atoms with Crippen molar-refractivity contribution in [2.45, 2.75) is 0 Å². The summed E-state index contributed by atoms with van der Waals surface area (Å²) in [5.74, 6) is -1.11. The molecule has 0 aromatic heterocycles. The van der Waals surface area contributed by atoms with Crippen LogP contribution in [0.4, 0.5) is 5.69 Å². The number of carbonyl (C=O) groups excluding carboxylic acids is 1. The fourth-order valence-electron chi connectivity index (χ4n) is 1.54. The van der Waals surface area contributed by atoms with Gasteiger partial charge in [-0.3, -0.25) is 4.79 Å². The molecule has 1 amide bonds. The van der Waals surface area contributed by atoms with Crippen LogP contribution in [0.2, 0.25) is 5.02 Å². The van der Waals surface area contributed by atoms with Gasteiger partial charge in [-0.05, 0) is 6.07 Å². The fraction of sp³-hybridized carbons (Fsp3) is 0.273. The van der Waals surface area contributed by atoms with Crippen molar-refractivity contribution < 1.29 is 14.6 Å². The third-order valence-electron chi connectivity index (χ3n) is 2.64. The Hall–Kier alpha value is -2.79. The highest BCUT2D eigenvalue weighted by atomic mass is 35.5. The maximum atomic E-state index is 12.1. The van der Waals surface area contributed by atoms with Gasteiger partial charge in [-0.25, -0.2) is 15.5 Å². The van der Waals surface area contributed by atoms with Crippen molar-refractivity contribution in [1.82, 2.24) is 10.4 Å². The van der Waals surface area contributed by atoms with E-state index < -0.39 is 16.9 Å². The molecule has 1 aromatic carbocycles. The van der Waals surface area contributed by atoms with Crippen molar-refractivity contribution in [2.75, 3.05) is 25.9 Å². The van der Waals surface area contributed by atoms with Gasteiger partial charge in [-0.1, -0.05) is 16.6 Å². The van der Waals surface area contributed by atoms with Gasteiger partial charge in [-0.15, -0.1) is 5.10 Å². The predicted octanol–water partition coefficient (Wildman–Crippen LogP) is -0.657. The molecule has 0 heterocycles. The Morgan fingerprint density at radius 1 is 1.57 bits per heavy atom. The number of methoxy groups -OCH3 is 1. The summed E-state index contributed by atoms with van der Waals surface area (Å²) in [6.07, 6.45) is 0. The van der Waals surface area contributed by atoms with Crippen LogP contribution in [0.15, 0.2) is 17.2 Å². The minimum atomic E-state index is -0.793. The van der Waals surface area contributed by atoms with Crippen molar-refractivity contribution in [3.8, 4) is 5.75 Å². The Kier molecular flexibility index (Phi) is 6.35. The van der Waals surface area contributed by atoms with E-state index >= 15 is 0 Å². The summed E-state index contributed by atoms with van der Waals surface area (Å²) in [6, 6.07) is 2.64. The molecule has 0 unspecified atom stereocenters. The minimum absolute atomic E-state index is 0.0213. The summed E-state index contributed by atoms with van der Waals surface area (Å²) in [7, 11) is 1.34. The topological polar surface area (TPSA) is 175 Å². The largest absolute Gasteiger partial charge is 0.496 e. The molecule has 0 saturated heterocycles. The number of nitrogens with one attached hydrogen (secondary N) is 1. The highest BCUT2D eigenvalue weighted by Crippen LogP contribution is 2.28. The fourth-order valence-corrected chi connectivity index (χ4v) is 1.71. The smallest absolute Gasteiger partial charge is 0.276 e. The normalized spacial score (nSPS) is 11.0. The molecule has 0 fully saturated rings. The second-order valence-corrected chi connectivity index (χ2v) is 4.54. The maximum absolute atomic E-state index is 12.1. The van der Waals surface area contributed by atoms with E-state index in [-0.39, 0.29) is 35.1 Å². The number of rotatable bonds is 6. The first-order chi connectivity index (χ1) is 10.8. The minimum Gasteiger partial charge on any atom is -0.496 e. The van der Waals surface area contributed by atoms with Crippen molar-refractivity contribution in [2.24, 2.45) is 16.6 Å². The highest BCUT2D eigenvalue weighted by Gasteiger charge is 2.20. The molecule has 0 bridgehead atoms. The molecule has 0 aliphatic heterocycles. The van der Waals surface area contributed by atoms with Crippen LogP contribution < -0.4 is 27.4 Å². The van der Waals surface area contributed by atoms with E-state index in [4.69, 9.17) is 33.5 Å². The summed E-state index contributed by atoms with van der Waals surface area (Å²) in [6.45, 7) is -0.193. The van der Waals surface area contributed by atoms with Gasteiger partial charge in [0.2, 0.25) is 0 Å². The lowest BCUT2D eigenvalue weighted by molar-refractivity contribution is -0.629. The van der Waals surface area contributed by atoms with Crippen molar-refractivity contribution in [1.29, 1.82) is 0 Å². The number of hydrogen-bond donors (Lipinski definition) is 4. The number of nitrogen functional groups attached to an aromatic ring is 1. The van der Waals surface area contributed by atoms with Gasteiger partial charge in [0, 0.05) is 12.6 Å². The molecule has 0 aliphatic carbocycles. The Balaban J connectivity index is 2.97. The summed E-state index contributed by atoms with van der Waals surface area (Å²) >= 11 is 5.85. The molecule has 0 radical (unpaired) electrons. The Labute approximate surface area is 136 Å². The lowest BCUT2D eigenvalue weighted by Gasteiger charge is -2.12. The number of nitrogens with two attached hydrogens (primary N) is 3. The van der Waals surface area contributed by atoms with Crippen molar-refractivity contribution >= 4 is 29.2 Å². The first-order valence-corrected chi connectivity index (χ1v) is 6.58. The third kappa shape index (κ3) is 4.59. The lowest BCUT2D eigenvalue weighted by Crippen LogP contribution is -2.45. The standard InChI is InChI=1S/C11H16ClN7O4/c1-23-9-5-8(14)7(12)4-6(9)10(20)16-17-11(15)18(3-2-13)19(21)22/h4-5H,2-3,13-14H2,1H3,(H2,15,17)(H,16,20). The zero-order valence-electron chi connectivity index (χ0n) is 12.2. The van der Waals surface area contributed by atoms with Gasteiger partial charge in [-0.2, -0.15) is 0 Å². The molecule has 7 N–H and O–H groups in total. The molecule has 0 aliphatic rings. The van der Waals surface area contributed by atoms with Gasteiger partial charge in [0.25, 0.3) is 11.9 Å². The molecule has 1 aromatic rings. The van der Waals surface area contributed by atoms with Crippen LogP contribution in [-0.2, 0) is 0 Å². The molecule has 23 heavy (non-hydrogen) atoms. The number of ether oxygens (including phenoxy) is 1. The number of hydrazine groups is 1. The second-order valence-electron chi connectivity index (χ2n) is 4.13. The number of carbonyl (C=O) groups is 1. The molecular formula is C11H16ClN7O4. The van der Waals surface area contributed by atoms with Gasteiger partial charge in [0.05, 0.1) is 23.4 Å². The average molecular weight is 346 g/mol. The maximum Gasteiger partial charge on any atom is 0.276 e. The number of nitro groups is 1. The Morgan fingerprint density at radius 2 is 2.22 bits per heavy atom. The number of guanidine groups is 1. The molecular weight excluding hydrogens is 330 g/mol. The van der Waals surface area contributed by atoms with E-state index in [9.17, 15) is 14.9 Å². The summed E-state index contributed by atoms with van der Waals surface area (Å²) in [5, 5.41) is 14.1. The monoisotopic (exact) mass is 345 g/mol. The van der Waals surface area contributed by atoms with E-state index in [0.717, 1.165) is 0 Å². The van der Waals surface area contributed by atoms with Gasteiger partial charge >= 0.3 is 0 Å². The van der Waals surface area contributed by atoms with E-state index in [1.54, 1.807) is 0 Å². The van der Waals surface area contributed by atoms with Crippen molar-refractivity contribution in [3.63, 3.8) is 0 Å². The van der Waals surface area contributed by atoms with Crippen LogP contribution in [-0.4, -0.2) is 42.1 Å². The van der Waals surface area contributed by atoms with Crippen LogP contribution in [0.25, 0.3) is 0 Å². The number of nitrogens with zero attached hydrogens (tertiary/aromatic N) is 3. The molecule has 12 heteroatoms. The summed E-state index contributed by atoms with van der Waals surface area (Å²) in [5.41, 5.74) is 18.6. The zero-order valence-corrected chi connectivity index (χ0v) is 12.9. The number of amides is 1. The highest BCUT2D eigenvalue weighted by molar-refractivity contribution is 6.33. The van der Waals surface area contributed by atoms with Gasteiger partial charge in [0.15, 0.2) is 5.03 Å². The number of hydrazone groups is 1. The molecule has 0 saturated carbocycles. The van der Waals surface area contributed by atoms with Crippen LogP contribution in [0.1, 0.15) is 10.4 Å². The molecule has 0 atom stereocenters. The number of halogens is 1. The predicted molar refractivity (Wildman–Crippen MR) is 84.3 cm³/mol. The third-order valence-corrected chi connectivity index (χ3v) is 2.97. The summed E-state index contributed by atoms with van der Waals surface area (Å²) in [4.78, 5) is 22.9. The Morgan fingerprint density at radius 3 is 2.74 bits per heavy atom. The van der Waals surface area contributed by atoms with Crippen molar-refractivity contribution in [3.05, 3.63) is 32.8 Å². The van der Waals surface area contributed by atoms with Gasteiger partial charge < -0.3 is 21.9 Å². The number of anilines is 1. The van der Waals surface area contributed by atoms with E-state index in [0.29, 0.717) is 5.01 Å². The van der Waals surface area contributed by atoms with E-state index in [1.165, 1.54) is 19.2 Å². The number of hydrogen-bond acceptors (Lipinski definition) is 7. The molecule has 11 nitrogen and oxygen atoms in total. The SMILES string of the molecule is COc1cc(N)c(Cl)cc1C(=O)NN=C(N)N(CCN)[N+](=O)[O-].